The van der Waals surface area contributed by atoms with Gasteiger partial charge in [0, 0.05) is 5.69 Å². The Labute approximate surface area is 169 Å². The van der Waals surface area contributed by atoms with E-state index in [0.29, 0.717) is 23.2 Å². The van der Waals surface area contributed by atoms with Crippen molar-refractivity contribution in [3.05, 3.63) is 77.9 Å². The molecule has 1 heterocycles. The van der Waals surface area contributed by atoms with Crippen molar-refractivity contribution in [1.82, 2.24) is 4.90 Å². The molecule has 0 bridgehead atoms. The monoisotopic (exact) mass is 386 g/mol. The Morgan fingerprint density at radius 3 is 2.07 bits per heavy atom. The Morgan fingerprint density at radius 2 is 1.45 bits per heavy atom. The number of nitrogens with zero attached hydrogens (tertiary/aromatic N) is 1. The van der Waals surface area contributed by atoms with Gasteiger partial charge in [0.2, 0.25) is 5.91 Å². The van der Waals surface area contributed by atoms with Crippen LogP contribution in [0.4, 0.5) is 5.69 Å². The van der Waals surface area contributed by atoms with Crippen molar-refractivity contribution in [3.8, 4) is 0 Å². The summed E-state index contributed by atoms with van der Waals surface area (Å²) in [7, 11) is 0. The van der Waals surface area contributed by atoms with Crippen LogP contribution in [-0.4, -0.2) is 28.7 Å². The van der Waals surface area contributed by atoms with E-state index in [0.717, 1.165) is 15.7 Å². The molecule has 146 valence electrons. The predicted molar refractivity (Wildman–Crippen MR) is 113 cm³/mol. The summed E-state index contributed by atoms with van der Waals surface area (Å²) in [5.74, 6) is -1.05. The lowest BCUT2D eigenvalue weighted by Gasteiger charge is -2.26. The fourth-order valence-electron chi connectivity index (χ4n) is 3.76. The number of carbonyl (C=O) groups excluding carboxylic acids is 3. The largest absolute Gasteiger partial charge is 0.324 e. The zero-order valence-electron chi connectivity index (χ0n) is 16.4. The van der Waals surface area contributed by atoms with Crippen LogP contribution in [0.15, 0.2) is 66.7 Å². The van der Waals surface area contributed by atoms with Gasteiger partial charge in [-0.15, -0.1) is 0 Å². The maximum atomic E-state index is 13.2. The molecule has 1 aliphatic rings. The number of anilines is 1. The average Bonchev–Trinajstić information content (AvgIpc) is 2.96. The van der Waals surface area contributed by atoms with Crippen LogP contribution in [-0.2, 0) is 4.79 Å². The summed E-state index contributed by atoms with van der Waals surface area (Å²) in [5, 5.41) is 4.98. The summed E-state index contributed by atoms with van der Waals surface area (Å²) in [6, 6.07) is 19.4. The molecule has 1 atom stereocenters. The molecule has 3 amide bonds. The van der Waals surface area contributed by atoms with Gasteiger partial charge in [0.25, 0.3) is 11.8 Å². The van der Waals surface area contributed by atoms with Crippen molar-refractivity contribution in [2.75, 3.05) is 5.32 Å². The molecule has 1 unspecified atom stereocenters. The first-order valence-corrected chi connectivity index (χ1v) is 9.72. The maximum Gasteiger partial charge on any atom is 0.262 e. The lowest BCUT2D eigenvalue weighted by Crippen LogP contribution is -2.47. The van der Waals surface area contributed by atoms with E-state index in [1.54, 1.807) is 24.3 Å². The molecule has 1 aliphatic heterocycles. The minimum Gasteiger partial charge on any atom is -0.324 e. The molecule has 4 rings (SSSR count). The van der Waals surface area contributed by atoms with Crippen LogP contribution in [0.2, 0.25) is 0 Å². The van der Waals surface area contributed by atoms with E-state index >= 15 is 0 Å². The second-order valence-corrected chi connectivity index (χ2v) is 7.72. The standard InChI is InChI=1S/C24H22N2O3/c1-15(2)13-21(26-23(28)19-9-5-6-10-20(19)24(26)29)22(27)25-18-12-11-16-7-3-4-8-17(16)14-18/h3-12,14-15,21H,13H2,1-2H3,(H,25,27). The zero-order valence-corrected chi connectivity index (χ0v) is 16.4. The molecular formula is C24H22N2O3. The predicted octanol–water partition coefficient (Wildman–Crippen LogP) is 4.49. The maximum absolute atomic E-state index is 13.2. The number of hydrogen-bond donors (Lipinski definition) is 1. The van der Waals surface area contributed by atoms with Gasteiger partial charge in [0.15, 0.2) is 0 Å². The lowest BCUT2D eigenvalue weighted by molar-refractivity contribution is -0.120. The second-order valence-electron chi connectivity index (χ2n) is 7.72. The number of benzene rings is 3. The van der Waals surface area contributed by atoms with E-state index in [1.165, 1.54) is 0 Å². The third-order valence-electron chi connectivity index (χ3n) is 5.15. The van der Waals surface area contributed by atoms with Crippen LogP contribution in [0.25, 0.3) is 10.8 Å². The van der Waals surface area contributed by atoms with Crippen molar-refractivity contribution in [2.24, 2.45) is 5.92 Å². The molecule has 5 heteroatoms. The summed E-state index contributed by atoms with van der Waals surface area (Å²) in [6.07, 6.45) is 0.394. The highest BCUT2D eigenvalue weighted by atomic mass is 16.2. The third kappa shape index (κ3) is 3.51. The number of hydrogen-bond acceptors (Lipinski definition) is 3. The normalized spacial score (nSPS) is 14.4. The molecular weight excluding hydrogens is 364 g/mol. The number of fused-ring (bicyclic) bond motifs is 2. The smallest absolute Gasteiger partial charge is 0.262 e. The lowest BCUT2D eigenvalue weighted by atomic mass is 10.0. The van der Waals surface area contributed by atoms with Crippen molar-refractivity contribution < 1.29 is 14.4 Å². The molecule has 3 aromatic carbocycles. The van der Waals surface area contributed by atoms with E-state index < -0.39 is 17.9 Å². The zero-order chi connectivity index (χ0) is 20.5. The molecule has 5 nitrogen and oxygen atoms in total. The fraction of sp³-hybridized carbons (Fsp3) is 0.208. The van der Waals surface area contributed by atoms with Crippen molar-refractivity contribution in [3.63, 3.8) is 0 Å². The summed E-state index contributed by atoms with van der Waals surface area (Å²) >= 11 is 0. The number of rotatable bonds is 5. The molecule has 0 aliphatic carbocycles. The van der Waals surface area contributed by atoms with Crippen molar-refractivity contribution in [2.45, 2.75) is 26.3 Å². The van der Waals surface area contributed by atoms with Gasteiger partial charge in [-0.25, -0.2) is 0 Å². The van der Waals surface area contributed by atoms with Gasteiger partial charge in [-0.1, -0.05) is 56.3 Å². The van der Waals surface area contributed by atoms with E-state index in [9.17, 15) is 14.4 Å². The molecule has 29 heavy (non-hydrogen) atoms. The van der Waals surface area contributed by atoms with Gasteiger partial charge in [-0.2, -0.15) is 0 Å². The third-order valence-corrected chi connectivity index (χ3v) is 5.15. The van der Waals surface area contributed by atoms with Crippen LogP contribution < -0.4 is 5.32 Å². The Balaban J connectivity index is 1.63. The average molecular weight is 386 g/mol. The number of carbonyl (C=O) groups is 3. The first kappa shape index (κ1) is 18.9. The van der Waals surface area contributed by atoms with Gasteiger partial charge in [0.1, 0.15) is 6.04 Å². The Kier molecular flexibility index (Phi) is 4.89. The van der Waals surface area contributed by atoms with Crippen LogP contribution in [0.3, 0.4) is 0 Å². The molecule has 0 saturated carbocycles. The van der Waals surface area contributed by atoms with Gasteiger partial charge >= 0.3 is 0 Å². The first-order chi connectivity index (χ1) is 14.0. The Morgan fingerprint density at radius 1 is 0.862 bits per heavy atom. The summed E-state index contributed by atoms with van der Waals surface area (Å²) in [5.41, 5.74) is 1.34. The number of nitrogens with one attached hydrogen (secondary N) is 1. The molecule has 0 fully saturated rings. The molecule has 0 aromatic heterocycles. The van der Waals surface area contributed by atoms with Crippen molar-refractivity contribution in [1.29, 1.82) is 0 Å². The van der Waals surface area contributed by atoms with E-state index in [2.05, 4.69) is 5.32 Å². The van der Waals surface area contributed by atoms with E-state index in [1.807, 2.05) is 56.3 Å². The van der Waals surface area contributed by atoms with Crippen LogP contribution in [0, 0.1) is 5.92 Å². The highest BCUT2D eigenvalue weighted by molar-refractivity contribution is 6.23. The summed E-state index contributed by atoms with van der Waals surface area (Å²) in [4.78, 5) is 40.0. The highest BCUT2D eigenvalue weighted by Gasteiger charge is 2.42. The molecule has 0 saturated heterocycles. The van der Waals surface area contributed by atoms with Gasteiger partial charge in [0.05, 0.1) is 11.1 Å². The topological polar surface area (TPSA) is 66.5 Å². The number of imide groups is 1. The Hall–Kier alpha value is -3.47. The van der Waals surface area contributed by atoms with Crippen LogP contribution in [0.1, 0.15) is 41.0 Å². The first-order valence-electron chi connectivity index (χ1n) is 9.72. The molecule has 0 radical (unpaired) electrons. The van der Waals surface area contributed by atoms with Crippen LogP contribution in [0.5, 0.6) is 0 Å². The highest BCUT2D eigenvalue weighted by Crippen LogP contribution is 2.28. The van der Waals surface area contributed by atoms with Crippen molar-refractivity contribution >= 4 is 34.2 Å². The fourth-order valence-corrected chi connectivity index (χ4v) is 3.76. The van der Waals surface area contributed by atoms with Gasteiger partial charge < -0.3 is 5.32 Å². The van der Waals surface area contributed by atoms with E-state index in [-0.39, 0.29) is 11.8 Å². The van der Waals surface area contributed by atoms with Gasteiger partial charge in [-0.3, -0.25) is 19.3 Å². The van der Waals surface area contributed by atoms with Crippen LogP contribution >= 0.6 is 0 Å². The Bertz CT molecular complexity index is 1080. The summed E-state index contributed by atoms with van der Waals surface area (Å²) < 4.78 is 0. The van der Waals surface area contributed by atoms with E-state index in [4.69, 9.17) is 0 Å². The van der Waals surface area contributed by atoms with Gasteiger partial charge in [-0.05, 0) is 47.4 Å². The molecule has 1 N–H and O–H groups in total. The minimum atomic E-state index is -0.867. The number of amides is 3. The molecule has 0 spiro atoms. The quantitative estimate of drug-likeness (QED) is 0.657. The second kappa shape index (κ2) is 7.51. The molecule has 3 aromatic rings. The SMILES string of the molecule is CC(C)CC(C(=O)Nc1ccc2ccccc2c1)N1C(=O)c2ccccc2C1=O. The summed E-state index contributed by atoms with van der Waals surface area (Å²) in [6.45, 7) is 3.93. The minimum absolute atomic E-state index is 0.131.